The third-order valence-corrected chi connectivity index (χ3v) is 2.20. The molecule has 0 atom stereocenters. The molecule has 0 aliphatic rings. The second-order valence-electron chi connectivity index (χ2n) is 2.92. The Labute approximate surface area is 76.6 Å². The molecule has 0 saturated carbocycles. The predicted octanol–water partition coefficient (Wildman–Crippen LogP) is 2.19. The summed E-state index contributed by atoms with van der Waals surface area (Å²) in [5.74, 6) is 0. The van der Waals surface area contributed by atoms with E-state index >= 15 is 0 Å². The Morgan fingerprint density at radius 2 is 1.42 bits per heavy atom. The number of hydrogen-bond acceptors (Lipinski definition) is 2. The van der Waals surface area contributed by atoms with Gasteiger partial charge in [0.25, 0.3) is 0 Å². The first-order chi connectivity index (χ1) is 5.74. The second-order valence-corrected chi connectivity index (χ2v) is 2.92. The first-order valence-electron chi connectivity index (χ1n) is 4.96. The minimum absolute atomic E-state index is 0.105. The average molecular weight is 176 g/mol. The van der Waals surface area contributed by atoms with E-state index in [9.17, 15) is 0 Å². The summed E-state index contributed by atoms with van der Waals surface area (Å²) in [5.41, 5.74) is -0.214. The fourth-order valence-electron chi connectivity index (χ4n) is 1.14. The molecule has 2 nitrogen and oxygen atoms in total. The summed E-state index contributed by atoms with van der Waals surface area (Å²) in [4.78, 5) is 0. The molecule has 0 unspecified atom stereocenters. The molecule has 2 heteroatoms. The lowest BCUT2D eigenvalue weighted by Crippen LogP contribution is -2.28. The van der Waals surface area contributed by atoms with Crippen LogP contribution in [0.4, 0.5) is 0 Å². The molecular formula is C10H24O2. The van der Waals surface area contributed by atoms with Gasteiger partial charge in [0, 0.05) is 5.41 Å². The van der Waals surface area contributed by atoms with Gasteiger partial charge in [0.2, 0.25) is 0 Å². The average Bonchev–Trinajstić information content (AvgIpc) is 2.18. The predicted molar refractivity (Wildman–Crippen MR) is 53.2 cm³/mol. The molecule has 0 aromatic carbocycles. The van der Waals surface area contributed by atoms with Crippen LogP contribution in [-0.4, -0.2) is 23.4 Å². The van der Waals surface area contributed by atoms with Crippen molar-refractivity contribution in [3.05, 3.63) is 0 Å². The molecule has 0 aliphatic heterocycles. The van der Waals surface area contributed by atoms with E-state index in [0.29, 0.717) is 0 Å². The van der Waals surface area contributed by atoms with Crippen LogP contribution >= 0.6 is 0 Å². The molecule has 0 aromatic rings. The summed E-state index contributed by atoms with van der Waals surface area (Å²) in [6.07, 6.45) is 2.79. The van der Waals surface area contributed by atoms with Crippen molar-refractivity contribution in [3.8, 4) is 0 Å². The summed E-state index contributed by atoms with van der Waals surface area (Å²) in [5, 5.41) is 17.9. The van der Waals surface area contributed by atoms with Gasteiger partial charge in [0.15, 0.2) is 0 Å². The number of rotatable bonds is 5. The van der Waals surface area contributed by atoms with Gasteiger partial charge < -0.3 is 10.2 Å². The third-order valence-electron chi connectivity index (χ3n) is 2.20. The lowest BCUT2D eigenvalue weighted by atomic mass is 9.83. The molecule has 0 saturated heterocycles. The summed E-state index contributed by atoms with van der Waals surface area (Å²) in [6.45, 7) is 8.28. The number of hydrogen-bond donors (Lipinski definition) is 2. The van der Waals surface area contributed by atoms with Crippen LogP contribution < -0.4 is 0 Å². The summed E-state index contributed by atoms with van der Waals surface area (Å²) < 4.78 is 0. The van der Waals surface area contributed by atoms with Crippen LogP contribution in [0.25, 0.3) is 0 Å². The van der Waals surface area contributed by atoms with Crippen LogP contribution in [0, 0.1) is 5.41 Å². The van der Waals surface area contributed by atoms with Crippen LogP contribution in [0.1, 0.15) is 47.0 Å². The van der Waals surface area contributed by atoms with Crippen LogP contribution in [0.15, 0.2) is 0 Å². The maximum absolute atomic E-state index is 8.95. The van der Waals surface area contributed by atoms with E-state index in [-0.39, 0.29) is 18.6 Å². The van der Waals surface area contributed by atoms with Crippen molar-refractivity contribution in [1.29, 1.82) is 0 Å². The monoisotopic (exact) mass is 176 g/mol. The Balaban J connectivity index is 0. The van der Waals surface area contributed by atoms with E-state index in [1.54, 1.807) is 0 Å². The Morgan fingerprint density at radius 3 is 1.50 bits per heavy atom. The standard InChI is InChI=1S/C8H18O2.C2H6/c1-3-5-8(4-2,6-9)7-10;1-2/h9-10H,3-7H2,1-2H3;1-2H3. The van der Waals surface area contributed by atoms with Crippen LogP contribution in [0.3, 0.4) is 0 Å². The molecule has 0 aliphatic carbocycles. The molecule has 0 bridgehead atoms. The highest BCUT2D eigenvalue weighted by Crippen LogP contribution is 2.26. The Morgan fingerprint density at radius 1 is 1.00 bits per heavy atom. The lowest BCUT2D eigenvalue weighted by Gasteiger charge is -2.27. The van der Waals surface area contributed by atoms with Crippen LogP contribution in [0.5, 0.6) is 0 Å². The zero-order chi connectivity index (χ0) is 10.0. The zero-order valence-corrected chi connectivity index (χ0v) is 8.93. The fraction of sp³-hybridized carbons (Fsp3) is 1.00. The van der Waals surface area contributed by atoms with E-state index in [1.807, 2.05) is 20.8 Å². The maximum atomic E-state index is 8.95. The van der Waals surface area contributed by atoms with Gasteiger partial charge in [-0.25, -0.2) is 0 Å². The van der Waals surface area contributed by atoms with Crippen molar-refractivity contribution in [2.45, 2.75) is 47.0 Å². The smallest absolute Gasteiger partial charge is 0.0509 e. The highest BCUT2D eigenvalue weighted by Gasteiger charge is 2.24. The molecule has 0 amide bonds. The summed E-state index contributed by atoms with van der Waals surface area (Å²) >= 11 is 0. The molecule has 76 valence electrons. The molecule has 0 heterocycles. The zero-order valence-electron chi connectivity index (χ0n) is 8.93. The topological polar surface area (TPSA) is 40.5 Å². The van der Waals surface area contributed by atoms with E-state index in [1.165, 1.54) is 0 Å². The molecule has 2 N–H and O–H groups in total. The van der Waals surface area contributed by atoms with Crippen LogP contribution in [-0.2, 0) is 0 Å². The Bertz CT molecular complexity index is 69.6. The SMILES string of the molecule is CC.CCCC(CC)(CO)CO. The summed E-state index contributed by atoms with van der Waals surface area (Å²) in [7, 11) is 0. The van der Waals surface area contributed by atoms with Crippen molar-refractivity contribution < 1.29 is 10.2 Å². The van der Waals surface area contributed by atoms with Gasteiger partial charge in [-0.1, -0.05) is 34.1 Å². The second kappa shape index (κ2) is 9.01. The minimum atomic E-state index is -0.214. The fourth-order valence-corrected chi connectivity index (χ4v) is 1.14. The van der Waals surface area contributed by atoms with Gasteiger partial charge in [-0.2, -0.15) is 0 Å². The lowest BCUT2D eigenvalue weighted by molar-refractivity contribution is 0.0432. The highest BCUT2D eigenvalue weighted by atomic mass is 16.3. The molecule has 0 aromatic heterocycles. The van der Waals surface area contributed by atoms with Crippen molar-refractivity contribution >= 4 is 0 Å². The van der Waals surface area contributed by atoms with Crippen molar-refractivity contribution in [2.75, 3.05) is 13.2 Å². The van der Waals surface area contributed by atoms with Gasteiger partial charge in [-0.3, -0.25) is 0 Å². The maximum Gasteiger partial charge on any atom is 0.0509 e. The summed E-state index contributed by atoms with van der Waals surface area (Å²) in [6, 6.07) is 0. The van der Waals surface area contributed by atoms with E-state index in [4.69, 9.17) is 10.2 Å². The van der Waals surface area contributed by atoms with Crippen LogP contribution in [0.2, 0.25) is 0 Å². The van der Waals surface area contributed by atoms with Gasteiger partial charge in [-0.05, 0) is 12.8 Å². The Hall–Kier alpha value is -0.0800. The first-order valence-corrected chi connectivity index (χ1v) is 4.96. The molecule has 0 fully saturated rings. The van der Waals surface area contributed by atoms with Gasteiger partial charge >= 0.3 is 0 Å². The van der Waals surface area contributed by atoms with E-state index < -0.39 is 0 Å². The third kappa shape index (κ3) is 4.73. The first kappa shape index (κ1) is 14.4. The van der Waals surface area contributed by atoms with Crippen molar-refractivity contribution in [2.24, 2.45) is 5.41 Å². The minimum Gasteiger partial charge on any atom is -0.396 e. The number of aliphatic hydroxyl groups excluding tert-OH is 2. The highest BCUT2D eigenvalue weighted by molar-refractivity contribution is 4.75. The molecule has 0 spiro atoms. The van der Waals surface area contributed by atoms with Gasteiger partial charge in [0.05, 0.1) is 13.2 Å². The molecule has 0 radical (unpaired) electrons. The molecular weight excluding hydrogens is 152 g/mol. The van der Waals surface area contributed by atoms with Gasteiger partial charge in [-0.15, -0.1) is 0 Å². The Kier molecular flexibility index (Phi) is 10.8. The molecule has 12 heavy (non-hydrogen) atoms. The number of aliphatic hydroxyl groups is 2. The normalized spacial score (nSPS) is 10.5. The van der Waals surface area contributed by atoms with Gasteiger partial charge in [0.1, 0.15) is 0 Å². The largest absolute Gasteiger partial charge is 0.396 e. The van der Waals surface area contributed by atoms with Crippen molar-refractivity contribution in [3.63, 3.8) is 0 Å². The van der Waals surface area contributed by atoms with E-state index in [0.717, 1.165) is 19.3 Å². The van der Waals surface area contributed by atoms with E-state index in [2.05, 4.69) is 6.92 Å². The van der Waals surface area contributed by atoms with Crippen molar-refractivity contribution in [1.82, 2.24) is 0 Å². The molecule has 0 rings (SSSR count). The quantitative estimate of drug-likeness (QED) is 0.674.